The highest BCUT2D eigenvalue weighted by atomic mass is 16.5. The summed E-state index contributed by atoms with van der Waals surface area (Å²) in [4.78, 5) is 0. The van der Waals surface area contributed by atoms with Gasteiger partial charge in [0.2, 0.25) is 0 Å². The minimum absolute atomic E-state index is 0.445. The average molecular weight is 285 g/mol. The van der Waals surface area contributed by atoms with E-state index in [0.717, 1.165) is 18.7 Å². The van der Waals surface area contributed by atoms with Crippen molar-refractivity contribution in [2.24, 2.45) is 7.05 Å². The fourth-order valence-corrected chi connectivity index (χ4v) is 3.11. The number of methoxy groups -OCH3 is 1. The lowest BCUT2D eigenvalue weighted by Gasteiger charge is -2.27. The first kappa shape index (κ1) is 14.1. The smallest absolute Gasteiger partial charge is 0.119 e. The maximum atomic E-state index is 5.37. The number of aromatic nitrogens is 2. The molecule has 0 saturated carbocycles. The Morgan fingerprint density at radius 1 is 1.43 bits per heavy atom. The summed E-state index contributed by atoms with van der Waals surface area (Å²) in [6.45, 7) is 0.979. The van der Waals surface area contributed by atoms with Gasteiger partial charge in [0, 0.05) is 19.3 Å². The molecule has 3 rings (SSSR count). The van der Waals surface area contributed by atoms with Crippen LogP contribution in [0.4, 0.5) is 0 Å². The molecule has 1 aliphatic carbocycles. The second-order valence-electron chi connectivity index (χ2n) is 5.74. The molecule has 1 unspecified atom stereocenters. The van der Waals surface area contributed by atoms with Gasteiger partial charge < -0.3 is 10.1 Å². The van der Waals surface area contributed by atoms with Crippen LogP contribution in [0.2, 0.25) is 0 Å². The van der Waals surface area contributed by atoms with Gasteiger partial charge in [-0.25, -0.2) is 0 Å². The SMILES string of the molecule is COc1ccc2c(c1)C(NCCc1cnn(C)c1)CCC2. The zero-order chi connectivity index (χ0) is 14.7. The van der Waals surface area contributed by atoms with E-state index in [2.05, 4.69) is 34.8 Å². The molecule has 1 aromatic carbocycles. The quantitative estimate of drug-likeness (QED) is 0.918. The summed E-state index contributed by atoms with van der Waals surface area (Å²) in [5, 5.41) is 7.91. The summed E-state index contributed by atoms with van der Waals surface area (Å²) >= 11 is 0. The van der Waals surface area contributed by atoms with Gasteiger partial charge in [0.1, 0.15) is 5.75 Å². The van der Waals surface area contributed by atoms with Crippen LogP contribution in [-0.2, 0) is 19.9 Å². The number of nitrogens with zero attached hydrogens (tertiary/aromatic N) is 2. The molecule has 0 radical (unpaired) electrons. The number of rotatable bonds is 5. The Morgan fingerprint density at radius 2 is 2.33 bits per heavy atom. The molecule has 1 aromatic heterocycles. The number of hydrogen-bond donors (Lipinski definition) is 1. The number of benzene rings is 1. The van der Waals surface area contributed by atoms with Gasteiger partial charge in [0.15, 0.2) is 0 Å². The van der Waals surface area contributed by atoms with Gasteiger partial charge in [-0.15, -0.1) is 0 Å². The zero-order valence-electron chi connectivity index (χ0n) is 12.8. The van der Waals surface area contributed by atoms with Crippen LogP contribution in [0.3, 0.4) is 0 Å². The van der Waals surface area contributed by atoms with Gasteiger partial charge >= 0.3 is 0 Å². The molecule has 4 heteroatoms. The normalized spacial score (nSPS) is 17.5. The number of ether oxygens (including phenoxy) is 1. The molecular formula is C17H23N3O. The summed E-state index contributed by atoms with van der Waals surface area (Å²) in [5.41, 5.74) is 4.15. The van der Waals surface area contributed by atoms with E-state index >= 15 is 0 Å². The molecule has 1 atom stereocenters. The van der Waals surface area contributed by atoms with Crippen molar-refractivity contribution in [3.8, 4) is 5.75 Å². The number of hydrogen-bond acceptors (Lipinski definition) is 3. The third-order valence-electron chi connectivity index (χ3n) is 4.23. The van der Waals surface area contributed by atoms with Crippen LogP contribution in [0.15, 0.2) is 30.6 Å². The van der Waals surface area contributed by atoms with E-state index < -0.39 is 0 Å². The van der Waals surface area contributed by atoms with Crippen molar-refractivity contribution in [1.82, 2.24) is 15.1 Å². The lowest BCUT2D eigenvalue weighted by Crippen LogP contribution is -2.27. The van der Waals surface area contributed by atoms with Crippen LogP contribution >= 0.6 is 0 Å². The monoisotopic (exact) mass is 285 g/mol. The van der Waals surface area contributed by atoms with Gasteiger partial charge in [-0.2, -0.15) is 5.10 Å². The predicted molar refractivity (Wildman–Crippen MR) is 83.6 cm³/mol. The van der Waals surface area contributed by atoms with Gasteiger partial charge in [0.25, 0.3) is 0 Å². The lowest BCUT2D eigenvalue weighted by molar-refractivity contribution is 0.409. The molecule has 0 amide bonds. The Kier molecular flexibility index (Phi) is 4.25. The Hall–Kier alpha value is -1.81. The fraction of sp³-hybridized carbons (Fsp3) is 0.471. The van der Waals surface area contributed by atoms with Crippen LogP contribution in [0.5, 0.6) is 5.75 Å². The van der Waals surface area contributed by atoms with Crippen LogP contribution in [0.1, 0.15) is 35.6 Å². The van der Waals surface area contributed by atoms with Crippen LogP contribution < -0.4 is 10.1 Å². The molecule has 4 nitrogen and oxygen atoms in total. The van der Waals surface area contributed by atoms with E-state index in [1.807, 2.05) is 17.9 Å². The Labute approximate surface area is 126 Å². The van der Waals surface area contributed by atoms with Crippen LogP contribution in [0.25, 0.3) is 0 Å². The van der Waals surface area contributed by atoms with E-state index in [0.29, 0.717) is 6.04 Å². The average Bonchev–Trinajstić information content (AvgIpc) is 2.92. The molecule has 21 heavy (non-hydrogen) atoms. The van der Waals surface area contributed by atoms with Crippen molar-refractivity contribution >= 4 is 0 Å². The first-order valence-electron chi connectivity index (χ1n) is 7.64. The molecule has 1 aliphatic rings. The molecule has 2 aromatic rings. The standard InChI is InChI=1S/C17H23N3O/c1-20-12-13(11-19-20)8-9-18-17-5-3-4-14-6-7-15(21-2)10-16(14)17/h6-7,10-12,17-18H,3-5,8-9H2,1-2H3. The summed E-state index contributed by atoms with van der Waals surface area (Å²) in [6, 6.07) is 6.91. The fourth-order valence-electron chi connectivity index (χ4n) is 3.11. The lowest BCUT2D eigenvalue weighted by atomic mass is 9.87. The molecule has 1 N–H and O–H groups in total. The molecule has 0 fully saturated rings. The molecule has 0 bridgehead atoms. The Bertz CT molecular complexity index is 606. The predicted octanol–water partition coefficient (Wildman–Crippen LogP) is 2.64. The van der Waals surface area contributed by atoms with E-state index in [1.165, 1.54) is 36.0 Å². The Balaban J connectivity index is 1.64. The third-order valence-corrected chi connectivity index (χ3v) is 4.23. The molecular weight excluding hydrogens is 262 g/mol. The second kappa shape index (κ2) is 6.31. The summed E-state index contributed by atoms with van der Waals surface area (Å²) in [5.74, 6) is 0.953. The minimum Gasteiger partial charge on any atom is -0.497 e. The molecule has 1 heterocycles. The maximum Gasteiger partial charge on any atom is 0.119 e. The first-order chi connectivity index (χ1) is 10.3. The highest BCUT2D eigenvalue weighted by Gasteiger charge is 2.20. The second-order valence-corrected chi connectivity index (χ2v) is 5.74. The van der Waals surface area contributed by atoms with Crippen LogP contribution in [-0.4, -0.2) is 23.4 Å². The molecule has 0 saturated heterocycles. The van der Waals surface area contributed by atoms with Gasteiger partial charge in [-0.1, -0.05) is 6.07 Å². The van der Waals surface area contributed by atoms with Gasteiger partial charge in [0.05, 0.1) is 13.3 Å². The van der Waals surface area contributed by atoms with E-state index in [-0.39, 0.29) is 0 Å². The molecule has 112 valence electrons. The number of aryl methyl sites for hydroxylation is 2. The van der Waals surface area contributed by atoms with E-state index in [1.54, 1.807) is 7.11 Å². The van der Waals surface area contributed by atoms with Crippen molar-refractivity contribution < 1.29 is 4.74 Å². The van der Waals surface area contributed by atoms with Gasteiger partial charge in [-0.05, 0) is 61.1 Å². The van der Waals surface area contributed by atoms with Crippen molar-refractivity contribution in [2.45, 2.75) is 31.7 Å². The topological polar surface area (TPSA) is 39.1 Å². The Morgan fingerprint density at radius 3 is 3.10 bits per heavy atom. The zero-order valence-corrected chi connectivity index (χ0v) is 12.8. The van der Waals surface area contributed by atoms with Crippen molar-refractivity contribution in [1.29, 1.82) is 0 Å². The van der Waals surface area contributed by atoms with Gasteiger partial charge in [-0.3, -0.25) is 4.68 Å². The van der Waals surface area contributed by atoms with Crippen molar-refractivity contribution in [3.63, 3.8) is 0 Å². The van der Waals surface area contributed by atoms with Crippen molar-refractivity contribution in [2.75, 3.05) is 13.7 Å². The minimum atomic E-state index is 0.445. The summed E-state index contributed by atoms with van der Waals surface area (Å²) in [7, 11) is 3.69. The maximum absolute atomic E-state index is 5.37. The highest BCUT2D eigenvalue weighted by molar-refractivity contribution is 5.39. The number of fused-ring (bicyclic) bond motifs is 1. The molecule has 0 aliphatic heterocycles. The largest absolute Gasteiger partial charge is 0.497 e. The number of nitrogens with one attached hydrogen (secondary N) is 1. The van der Waals surface area contributed by atoms with Crippen LogP contribution in [0, 0.1) is 0 Å². The summed E-state index contributed by atoms with van der Waals surface area (Å²) < 4.78 is 7.22. The molecule has 0 spiro atoms. The van der Waals surface area contributed by atoms with Crippen molar-refractivity contribution in [3.05, 3.63) is 47.3 Å². The van der Waals surface area contributed by atoms with E-state index in [9.17, 15) is 0 Å². The third kappa shape index (κ3) is 3.27. The van der Waals surface area contributed by atoms with E-state index in [4.69, 9.17) is 4.74 Å². The summed E-state index contributed by atoms with van der Waals surface area (Å²) in [6.07, 6.45) is 8.68. The first-order valence-corrected chi connectivity index (χ1v) is 7.64. The highest BCUT2D eigenvalue weighted by Crippen LogP contribution is 2.32.